The lowest BCUT2D eigenvalue weighted by Gasteiger charge is -2.34. The molecule has 2 aliphatic rings. The first-order valence-corrected chi connectivity index (χ1v) is 9.69. The Hall–Kier alpha value is -1.06. The number of rotatable bonds is 6. The van der Waals surface area contributed by atoms with Crippen LogP contribution in [-0.2, 0) is 9.59 Å². The van der Waals surface area contributed by atoms with Crippen molar-refractivity contribution in [3.63, 3.8) is 0 Å². The number of hydrogen-bond acceptors (Lipinski definition) is 3. The molecule has 1 unspecified atom stereocenters. The van der Waals surface area contributed by atoms with Gasteiger partial charge in [0.05, 0.1) is 0 Å². The van der Waals surface area contributed by atoms with Crippen molar-refractivity contribution in [2.24, 2.45) is 16.6 Å². The van der Waals surface area contributed by atoms with E-state index in [1.165, 1.54) is 19.3 Å². The summed E-state index contributed by atoms with van der Waals surface area (Å²) in [5.74, 6) is 0.773. The Kier molecular flexibility index (Phi) is 10.9. The van der Waals surface area contributed by atoms with Gasteiger partial charge in [-0.3, -0.25) is 9.59 Å². The number of nitrogens with zero attached hydrogens (tertiary/aromatic N) is 2. The standard InChI is InChI=1S/C18H33N5O2.HI/c1-2-20-18(23-10-6-7-14(13-23)11-16(19)24)21-12-17(25)22-15-8-4-3-5-9-15;/h14-15H,2-13H2,1H3,(H2,19,24)(H,20,21)(H,22,25);1H. The number of guanidine groups is 1. The summed E-state index contributed by atoms with van der Waals surface area (Å²) in [6, 6.07) is 0.314. The lowest BCUT2D eigenvalue weighted by atomic mass is 9.95. The minimum absolute atomic E-state index is 0. The van der Waals surface area contributed by atoms with Gasteiger partial charge in [-0.05, 0) is 38.5 Å². The van der Waals surface area contributed by atoms with E-state index in [4.69, 9.17) is 5.73 Å². The van der Waals surface area contributed by atoms with E-state index in [2.05, 4.69) is 20.5 Å². The molecule has 1 aliphatic carbocycles. The molecule has 0 aromatic heterocycles. The van der Waals surface area contributed by atoms with Crippen molar-refractivity contribution in [3.05, 3.63) is 0 Å². The molecular formula is C18H34IN5O2. The molecule has 150 valence electrons. The zero-order valence-electron chi connectivity index (χ0n) is 15.8. The summed E-state index contributed by atoms with van der Waals surface area (Å²) in [6.45, 7) is 4.57. The monoisotopic (exact) mass is 479 g/mol. The van der Waals surface area contributed by atoms with Gasteiger partial charge in [0.25, 0.3) is 0 Å². The SMILES string of the molecule is CCNC(=NCC(=O)NC1CCCCC1)N1CCCC(CC(N)=O)C1.I. The second-order valence-electron chi connectivity index (χ2n) is 7.20. The Morgan fingerprint density at radius 3 is 2.54 bits per heavy atom. The van der Waals surface area contributed by atoms with Crippen LogP contribution in [0.4, 0.5) is 0 Å². The predicted molar refractivity (Wildman–Crippen MR) is 115 cm³/mol. The van der Waals surface area contributed by atoms with Crippen LogP contribution in [0, 0.1) is 5.92 Å². The summed E-state index contributed by atoms with van der Waals surface area (Å²) in [5.41, 5.74) is 5.33. The molecule has 0 aromatic rings. The lowest BCUT2D eigenvalue weighted by Crippen LogP contribution is -2.47. The first kappa shape index (κ1) is 23.0. The third-order valence-electron chi connectivity index (χ3n) is 4.99. The van der Waals surface area contributed by atoms with Crippen LogP contribution in [-0.4, -0.2) is 54.9 Å². The van der Waals surface area contributed by atoms with E-state index in [1.54, 1.807) is 0 Å². The molecule has 2 rings (SSSR count). The molecule has 8 heteroatoms. The molecule has 1 heterocycles. The van der Waals surface area contributed by atoms with E-state index in [-0.39, 0.29) is 48.3 Å². The number of hydrogen-bond donors (Lipinski definition) is 3. The minimum atomic E-state index is -0.249. The number of amides is 2. The molecule has 4 N–H and O–H groups in total. The maximum atomic E-state index is 12.2. The topological polar surface area (TPSA) is 99.8 Å². The smallest absolute Gasteiger partial charge is 0.242 e. The van der Waals surface area contributed by atoms with Crippen molar-refractivity contribution >= 4 is 41.8 Å². The Balaban J connectivity index is 0.00000338. The van der Waals surface area contributed by atoms with Crippen LogP contribution < -0.4 is 16.4 Å². The molecule has 2 fully saturated rings. The molecule has 0 spiro atoms. The molecule has 1 aliphatic heterocycles. The number of carbonyl (C=O) groups is 2. The molecule has 26 heavy (non-hydrogen) atoms. The highest BCUT2D eigenvalue weighted by atomic mass is 127. The van der Waals surface area contributed by atoms with E-state index in [0.717, 1.165) is 51.3 Å². The second kappa shape index (κ2) is 12.3. The number of nitrogens with two attached hydrogens (primary N) is 1. The van der Waals surface area contributed by atoms with Gasteiger partial charge in [0.1, 0.15) is 6.54 Å². The fraction of sp³-hybridized carbons (Fsp3) is 0.833. The Labute approximate surface area is 173 Å². The van der Waals surface area contributed by atoms with Gasteiger partial charge in [-0.25, -0.2) is 4.99 Å². The maximum absolute atomic E-state index is 12.2. The third-order valence-corrected chi connectivity index (χ3v) is 4.99. The molecule has 1 saturated heterocycles. The summed E-state index contributed by atoms with van der Waals surface area (Å²) in [4.78, 5) is 30.0. The second-order valence-corrected chi connectivity index (χ2v) is 7.20. The van der Waals surface area contributed by atoms with Crippen LogP contribution >= 0.6 is 24.0 Å². The third kappa shape index (κ3) is 8.09. The van der Waals surface area contributed by atoms with Crippen LogP contribution in [0.3, 0.4) is 0 Å². The molecule has 1 atom stereocenters. The maximum Gasteiger partial charge on any atom is 0.242 e. The van der Waals surface area contributed by atoms with E-state index in [0.29, 0.717) is 12.5 Å². The highest BCUT2D eigenvalue weighted by Gasteiger charge is 2.24. The fourth-order valence-electron chi connectivity index (χ4n) is 3.80. The van der Waals surface area contributed by atoms with Gasteiger partial charge in [0.15, 0.2) is 5.96 Å². The van der Waals surface area contributed by atoms with Gasteiger partial charge < -0.3 is 21.3 Å². The van der Waals surface area contributed by atoms with E-state index >= 15 is 0 Å². The molecule has 0 radical (unpaired) electrons. The fourth-order valence-corrected chi connectivity index (χ4v) is 3.80. The number of carbonyl (C=O) groups excluding carboxylic acids is 2. The predicted octanol–water partition coefficient (Wildman–Crippen LogP) is 1.61. The van der Waals surface area contributed by atoms with Crippen LogP contribution in [0.2, 0.25) is 0 Å². The highest BCUT2D eigenvalue weighted by Crippen LogP contribution is 2.19. The first-order chi connectivity index (χ1) is 12.1. The van der Waals surface area contributed by atoms with Gasteiger partial charge in [0, 0.05) is 32.1 Å². The molecule has 7 nitrogen and oxygen atoms in total. The van der Waals surface area contributed by atoms with Gasteiger partial charge in [0.2, 0.25) is 11.8 Å². The van der Waals surface area contributed by atoms with Crippen LogP contribution in [0.15, 0.2) is 4.99 Å². The van der Waals surface area contributed by atoms with Crippen molar-refractivity contribution in [3.8, 4) is 0 Å². The van der Waals surface area contributed by atoms with Crippen LogP contribution in [0.5, 0.6) is 0 Å². The van der Waals surface area contributed by atoms with Crippen LogP contribution in [0.25, 0.3) is 0 Å². The number of primary amides is 1. The number of nitrogens with one attached hydrogen (secondary N) is 2. The van der Waals surface area contributed by atoms with E-state index in [9.17, 15) is 9.59 Å². The molecular weight excluding hydrogens is 445 g/mol. The molecule has 1 saturated carbocycles. The summed E-state index contributed by atoms with van der Waals surface area (Å²) in [6.07, 6.45) is 8.27. The minimum Gasteiger partial charge on any atom is -0.370 e. The number of likely N-dealkylation sites (tertiary alicyclic amines) is 1. The first-order valence-electron chi connectivity index (χ1n) is 9.69. The quantitative estimate of drug-likeness (QED) is 0.306. The summed E-state index contributed by atoms with van der Waals surface area (Å²) >= 11 is 0. The van der Waals surface area contributed by atoms with Gasteiger partial charge in [-0.2, -0.15) is 0 Å². The zero-order valence-corrected chi connectivity index (χ0v) is 18.2. The molecule has 2 amide bonds. The Morgan fingerprint density at radius 2 is 1.88 bits per heavy atom. The van der Waals surface area contributed by atoms with Crippen molar-refractivity contribution < 1.29 is 9.59 Å². The van der Waals surface area contributed by atoms with Crippen molar-refractivity contribution in [1.29, 1.82) is 0 Å². The molecule has 0 aromatic carbocycles. The van der Waals surface area contributed by atoms with Crippen LogP contribution in [0.1, 0.15) is 58.3 Å². The summed E-state index contributed by atoms with van der Waals surface area (Å²) in [7, 11) is 0. The Bertz CT molecular complexity index is 480. The normalized spacial score (nSPS) is 21.7. The molecule has 0 bridgehead atoms. The summed E-state index contributed by atoms with van der Waals surface area (Å²) < 4.78 is 0. The average molecular weight is 479 g/mol. The number of halogens is 1. The summed E-state index contributed by atoms with van der Waals surface area (Å²) in [5, 5.41) is 6.37. The van der Waals surface area contributed by atoms with Gasteiger partial charge in [-0.15, -0.1) is 24.0 Å². The van der Waals surface area contributed by atoms with Gasteiger partial charge in [-0.1, -0.05) is 19.3 Å². The largest absolute Gasteiger partial charge is 0.370 e. The van der Waals surface area contributed by atoms with Crippen molar-refractivity contribution in [1.82, 2.24) is 15.5 Å². The highest BCUT2D eigenvalue weighted by molar-refractivity contribution is 14.0. The Morgan fingerprint density at radius 1 is 1.15 bits per heavy atom. The average Bonchev–Trinajstić information content (AvgIpc) is 2.59. The van der Waals surface area contributed by atoms with Gasteiger partial charge >= 0.3 is 0 Å². The van der Waals surface area contributed by atoms with Crippen molar-refractivity contribution in [2.45, 2.75) is 64.3 Å². The number of aliphatic imine (C=N–C) groups is 1. The lowest BCUT2D eigenvalue weighted by molar-refractivity contribution is -0.120. The van der Waals surface area contributed by atoms with E-state index < -0.39 is 0 Å². The van der Waals surface area contributed by atoms with Crippen molar-refractivity contribution in [2.75, 3.05) is 26.2 Å². The van der Waals surface area contributed by atoms with E-state index in [1.807, 2.05) is 6.92 Å². The zero-order chi connectivity index (χ0) is 18.1. The number of piperidine rings is 1.